The maximum absolute atomic E-state index is 13.5. The van der Waals surface area contributed by atoms with Crippen molar-refractivity contribution in [3.05, 3.63) is 69.5 Å². The summed E-state index contributed by atoms with van der Waals surface area (Å²) in [6.07, 6.45) is 0.0783. The molecule has 2 aliphatic heterocycles. The van der Waals surface area contributed by atoms with Crippen molar-refractivity contribution >= 4 is 13.9 Å². The SMILES string of the molecule is CC1(C)Cc2nc(C3CCOCC3)c([C@H](O)c3ccc(C(F)(F)F)cc3)c(C3=CCOCC3)c2C(O[Si](C)(C)C(C)(C)C)C1. The number of fused-ring (bicyclic) bond motifs is 1. The lowest BCUT2D eigenvalue weighted by Gasteiger charge is -2.45. The van der Waals surface area contributed by atoms with Crippen LogP contribution in [0.3, 0.4) is 0 Å². The maximum atomic E-state index is 13.5. The highest BCUT2D eigenvalue weighted by atomic mass is 28.4. The highest BCUT2D eigenvalue weighted by Gasteiger charge is 2.45. The molecule has 9 heteroatoms. The van der Waals surface area contributed by atoms with Crippen molar-refractivity contribution in [3.8, 4) is 0 Å². The zero-order valence-corrected chi connectivity index (χ0v) is 28.2. The van der Waals surface area contributed by atoms with Crippen LogP contribution in [0, 0.1) is 5.41 Å². The van der Waals surface area contributed by atoms with E-state index in [4.69, 9.17) is 18.9 Å². The van der Waals surface area contributed by atoms with Gasteiger partial charge in [0.2, 0.25) is 0 Å². The van der Waals surface area contributed by atoms with E-state index in [-0.39, 0.29) is 22.5 Å². The number of benzene rings is 1. The second kappa shape index (κ2) is 12.3. The molecular weight excluding hydrogens is 583 g/mol. The van der Waals surface area contributed by atoms with Crippen molar-refractivity contribution in [2.24, 2.45) is 5.41 Å². The van der Waals surface area contributed by atoms with Gasteiger partial charge in [-0.3, -0.25) is 4.98 Å². The smallest absolute Gasteiger partial charge is 0.410 e. The highest BCUT2D eigenvalue weighted by Crippen LogP contribution is 2.52. The fourth-order valence-corrected chi connectivity index (χ4v) is 7.87. The van der Waals surface area contributed by atoms with Gasteiger partial charge in [-0.25, -0.2) is 0 Å². The Kier molecular flexibility index (Phi) is 9.30. The number of hydrogen-bond acceptors (Lipinski definition) is 5. The molecule has 0 amide bonds. The lowest BCUT2D eigenvalue weighted by atomic mass is 9.70. The topological polar surface area (TPSA) is 60.8 Å². The van der Waals surface area contributed by atoms with Crippen LogP contribution in [0.1, 0.15) is 118 Å². The molecule has 0 radical (unpaired) electrons. The Morgan fingerprint density at radius 3 is 2.25 bits per heavy atom. The number of aromatic nitrogens is 1. The summed E-state index contributed by atoms with van der Waals surface area (Å²) in [5.41, 5.74) is 5.28. The number of rotatable bonds is 6. The van der Waals surface area contributed by atoms with Crippen molar-refractivity contribution in [2.75, 3.05) is 26.4 Å². The van der Waals surface area contributed by atoms with Gasteiger partial charge in [0.25, 0.3) is 0 Å². The minimum Gasteiger partial charge on any atom is -0.410 e. The molecule has 3 aliphatic rings. The van der Waals surface area contributed by atoms with E-state index in [1.165, 1.54) is 12.1 Å². The number of pyridine rings is 1. The molecular formula is C35H48F3NO4Si. The molecule has 1 N–H and O–H groups in total. The Balaban J connectivity index is 1.78. The van der Waals surface area contributed by atoms with Crippen LogP contribution in [0.5, 0.6) is 0 Å². The van der Waals surface area contributed by atoms with Gasteiger partial charge >= 0.3 is 6.18 Å². The summed E-state index contributed by atoms with van der Waals surface area (Å²) in [7, 11) is -2.23. The lowest BCUT2D eigenvalue weighted by molar-refractivity contribution is -0.137. The molecule has 1 aromatic carbocycles. The van der Waals surface area contributed by atoms with E-state index >= 15 is 0 Å². The number of halogens is 3. The number of ether oxygens (including phenoxy) is 2. The van der Waals surface area contributed by atoms with Gasteiger partial charge in [0, 0.05) is 36.0 Å². The number of alkyl halides is 3. The normalized spacial score (nSPS) is 22.3. The number of hydrogen-bond donors (Lipinski definition) is 1. The first kappa shape index (κ1) is 33.3. The summed E-state index contributed by atoms with van der Waals surface area (Å²) < 4.78 is 59.0. The molecule has 2 atom stereocenters. The van der Waals surface area contributed by atoms with Gasteiger partial charge in [-0.1, -0.05) is 52.8 Å². The Labute approximate surface area is 261 Å². The van der Waals surface area contributed by atoms with Gasteiger partial charge < -0.3 is 19.0 Å². The molecule has 1 fully saturated rings. The Bertz CT molecular complexity index is 1370. The molecule has 2 aromatic rings. The summed E-state index contributed by atoms with van der Waals surface area (Å²) >= 11 is 0. The third-order valence-electron chi connectivity index (χ3n) is 10.0. The zero-order valence-electron chi connectivity index (χ0n) is 27.2. The average Bonchev–Trinajstić information content (AvgIpc) is 2.95. The minimum atomic E-state index is -4.46. The first-order chi connectivity index (χ1) is 20.5. The molecule has 5 rings (SSSR count). The molecule has 5 nitrogen and oxygen atoms in total. The molecule has 1 aliphatic carbocycles. The molecule has 1 aromatic heterocycles. The van der Waals surface area contributed by atoms with Crippen molar-refractivity contribution in [3.63, 3.8) is 0 Å². The van der Waals surface area contributed by atoms with Crippen LogP contribution < -0.4 is 0 Å². The van der Waals surface area contributed by atoms with Crippen LogP contribution in [-0.2, 0) is 26.5 Å². The first-order valence-electron chi connectivity index (χ1n) is 15.9. The molecule has 3 heterocycles. The summed E-state index contributed by atoms with van der Waals surface area (Å²) in [6.45, 7) is 18.0. The van der Waals surface area contributed by atoms with Crippen molar-refractivity contribution < 1.29 is 32.2 Å². The first-order valence-corrected chi connectivity index (χ1v) is 18.8. The van der Waals surface area contributed by atoms with E-state index in [0.29, 0.717) is 44.0 Å². The van der Waals surface area contributed by atoms with Crippen LogP contribution in [0.25, 0.3) is 5.57 Å². The molecule has 1 unspecified atom stereocenters. The molecule has 44 heavy (non-hydrogen) atoms. The largest absolute Gasteiger partial charge is 0.416 e. The quantitative estimate of drug-likeness (QED) is 0.323. The van der Waals surface area contributed by atoms with Gasteiger partial charge in [0.1, 0.15) is 6.10 Å². The van der Waals surface area contributed by atoms with Crippen LogP contribution in [-0.4, -0.2) is 44.8 Å². The van der Waals surface area contributed by atoms with E-state index in [1.54, 1.807) is 0 Å². The van der Waals surface area contributed by atoms with Crippen LogP contribution in [0.2, 0.25) is 18.1 Å². The fourth-order valence-electron chi connectivity index (χ4n) is 6.61. The predicted octanol–water partition coefficient (Wildman–Crippen LogP) is 8.92. The fraction of sp³-hybridized carbons (Fsp3) is 0.629. The minimum absolute atomic E-state index is 0.00903. The summed E-state index contributed by atoms with van der Waals surface area (Å²) in [5.74, 6) is 0.0668. The second-order valence-corrected chi connectivity index (χ2v) is 19.8. The van der Waals surface area contributed by atoms with Gasteiger partial charge in [0.15, 0.2) is 8.32 Å². The third-order valence-corrected chi connectivity index (χ3v) is 14.5. The summed E-state index contributed by atoms with van der Waals surface area (Å²) in [6, 6.07) is 4.90. The van der Waals surface area contributed by atoms with E-state index in [0.717, 1.165) is 65.9 Å². The van der Waals surface area contributed by atoms with Gasteiger partial charge in [-0.05, 0) is 84.5 Å². The Hall–Kier alpha value is -2.04. The van der Waals surface area contributed by atoms with Crippen molar-refractivity contribution in [1.29, 1.82) is 0 Å². The highest BCUT2D eigenvalue weighted by molar-refractivity contribution is 6.74. The second-order valence-electron chi connectivity index (χ2n) is 15.0. The molecule has 0 bridgehead atoms. The summed E-state index contributed by atoms with van der Waals surface area (Å²) in [5, 5.41) is 12.2. The van der Waals surface area contributed by atoms with Crippen LogP contribution in [0.4, 0.5) is 13.2 Å². The van der Waals surface area contributed by atoms with E-state index in [1.807, 2.05) is 0 Å². The van der Waals surface area contributed by atoms with Crippen LogP contribution >= 0.6 is 0 Å². The standard InChI is InChI=1S/C35H48F3NO4Si/c1-33(2,3)44(6,7)43-27-21-34(4,5)20-26-29(27)28(22-12-16-41-17-13-22)30(31(39-26)23-14-18-42-19-15-23)32(40)24-8-10-25(11-9-24)35(36,37)38/h8-12,23,27,32,40H,13-21H2,1-7H3/t27?,32-/m1/s1. The van der Waals surface area contributed by atoms with E-state index < -0.39 is 26.2 Å². The molecule has 1 saturated heterocycles. The Morgan fingerprint density at radius 2 is 1.68 bits per heavy atom. The number of nitrogens with zero attached hydrogens (tertiary/aromatic N) is 1. The molecule has 0 spiro atoms. The monoisotopic (exact) mass is 631 g/mol. The Morgan fingerprint density at radius 1 is 1.02 bits per heavy atom. The predicted molar refractivity (Wildman–Crippen MR) is 169 cm³/mol. The van der Waals surface area contributed by atoms with E-state index in [2.05, 4.69) is 53.8 Å². The van der Waals surface area contributed by atoms with Crippen LogP contribution in [0.15, 0.2) is 30.3 Å². The zero-order chi connectivity index (χ0) is 32.1. The van der Waals surface area contributed by atoms with Crippen molar-refractivity contribution in [2.45, 2.75) is 109 Å². The number of aliphatic hydroxyl groups is 1. The third kappa shape index (κ3) is 6.87. The lowest BCUT2D eigenvalue weighted by Crippen LogP contribution is -2.44. The van der Waals surface area contributed by atoms with E-state index in [9.17, 15) is 18.3 Å². The molecule has 242 valence electrons. The number of aliphatic hydroxyl groups excluding tert-OH is 1. The van der Waals surface area contributed by atoms with Gasteiger partial charge in [-0.2, -0.15) is 13.2 Å². The average molecular weight is 632 g/mol. The maximum Gasteiger partial charge on any atom is 0.416 e. The van der Waals surface area contributed by atoms with Gasteiger partial charge in [-0.15, -0.1) is 0 Å². The summed E-state index contributed by atoms with van der Waals surface area (Å²) in [4.78, 5) is 5.42. The molecule has 0 saturated carbocycles. The van der Waals surface area contributed by atoms with Crippen molar-refractivity contribution in [1.82, 2.24) is 4.98 Å². The van der Waals surface area contributed by atoms with Gasteiger partial charge in [0.05, 0.1) is 30.6 Å².